The number of hydrogen-bond donors (Lipinski definition) is 0. The minimum Gasteiger partial charge on any atom is -0.494 e. The van der Waals surface area contributed by atoms with E-state index in [1.165, 1.54) is 10.6 Å². The highest BCUT2D eigenvalue weighted by Gasteiger charge is 2.20. The van der Waals surface area contributed by atoms with Crippen molar-refractivity contribution in [3.63, 3.8) is 0 Å². The van der Waals surface area contributed by atoms with E-state index in [-0.39, 0.29) is 12.5 Å². The molecule has 7 nitrogen and oxygen atoms in total. The fraction of sp³-hybridized carbons (Fsp3) is 0.588. The lowest BCUT2D eigenvalue weighted by Crippen LogP contribution is -2.41. The summed E-state index contributed by atoms with van der Waals surface area (Å²) in [5.74, 6) is 0.741. The van der Waals surface area contributed by atoms with Crippen molar-refractivity contribution < 1.29 is 22.7 Å². The molecule has 140 valence electrons. The first-order valence-corrected chi connectivity index (χ1v) is 10.3. The Kier molecular flexibility index (Phi) is 7.07. The largest absolute Gasteiger partial charge is 0.494 e. The fourth-order valence-corrected chi connectivity index (χ4v) is 3.67. The second kappa shape index (κ2) is 9.05. The summed E-state index contributed by atoms with van der Waals surface area (Å²) in [6.45, 7) is 5.05. The molecule has 0 saturated carbocycles. The Bertz CT molecular complexity index is 654. The van der Waals surface area contributed by atoms with Crippen LogP contribution in [0, 0.1) is 0 Å². The maximum atomic E-state index is 12.2. The SMILES string of the molecule is CCOc1ccc(N(CCCC(=O)N2CCOCC2)S(C)(=O)=O)cc1. The van der Waals surface area contributed by atoms with Crippen LogP contribution in [0.25, 0.3) is 0 Å². The molecule has 1 aliphatic heterocycles. The number of benzene rings is 1. The number of nitrogens with zero attached hydrogens (tertiary/aromatic N) is 2. The van der Waals surface area contributed by atoms with E-state index in [4.69, 9.17) is 9.47 Å². The van der Waals surface area contributed by atoms with Crippen LogP contribution in [0.5, 0.6) is 5.75 Å². The van der Waals surface area contributed by atoms with Crippen LogP contribution in [-0.2, 0) is 19.6 Å². The van der Waals surface area contributed by atoms with Gasteiger partial charge in [-0.15, -0.1) is 0 Å². The topological polar surface area (TPSA) is 76.2 Å². The molecule has 0 aliphatic carbocycles. The zero-order chi connectivity index (χ0) is 18.3. The molecule has 1 fully saturated rings. The Morgan fingerprint density at radius 2 is 1.88 bits per heavy atom. The molecule has 25 heavy (non-hydrogen) atoms. The van der Waals surface area contributed by atoms with Gasteiger partial charge in [-0.1, -0.05) is 0 Å². The molecule has 0 radical (unpaired) electrons. The third-order valence-electron chi connectivity index (χ3n) is 3.95. The summed E-state index contributed by atoms with van der Waals surface area (Å²) >= 11 is 0. The van der Waals surface area contributed by atoms with Crippen LogP contribution >= 0.6 is 0 Å². The number of amides is 1. The van der Waals surface area contributed by atoms with E-state index in [1.54, 1.807) is 29.2 Å². The maximum absolute atomic E-state index is 12.2. The predicted molar refractivity (Wildman–Crippen MR) is 96.4 cm³/mol. The predicted octanol–water partition coefficient (Wildman–Crippen LogP) is 1.49. The molecule has 0 atom stereocenters. The van der Waals surface area contributed by atoms with Crippen molar-refractivity contribution in [2.45, 2.75) is 19.8 Å². The Morgan fingerprint density at radius 3 is 2.44 bits per heavy atom. The summed E-state index contributed by atoms with van der Waals surface area (Å²) in [7, 11) is -3.42. The smallest absolute Gasteiger partial charge is 0.232 e. The first-order valence-electron chi connectivity index (χ1n) is 8.48. The van der Waals surface area contributed by atoms with E-state index >= 15 is 0 Å². The van der Waals surface area contributed by atoms with Gasteiger partial charge in [0.1, 0.15) is 5.75 Å². The average molecular weight is 370 g/mol. The standard InChI is InChI=1S/C17H26N2O5S/c1-3-24-16-8-6-15(7-9-16)19(25(2,21)22)10-4-5-17(20)18-11-13-23-14-12-18/h6-9H,3-5,10-14H2,1-2H3. The Balaban J connectivity index is 1.95. The summed E-state index contributed by atoms with van der Waals surface area (Å²) in [6, 6.07) is 6.93. The number of carbonyl (C=O) groups is 1. The summed E-state index contributed by atoms with van der Waals surface area (Å²) in [6.07, 6.45) is 1.97. The molecule has 8 heteroatoms. The van der Waals surface area contributed by atoms with E-state index in [1.807, 2.05) is 6.92 Å². The van der Waals surface area contributed by atoms with Crippen molar-refractivity contribution in [2.24, 2.45) is 0 Å². The van der Waals surface area contributed by atoms with Crippen LogP contribution in [0.3, 0.4) is 0 Å². The van der Waals surface area contributed by atoms with E-state index < -0.39 is 10.0 Å². The lowest BCUT2D eigenvalue weighted by atomic mass is 10.2. The van der Waals surface area contributed by atoms with E-state index in [0.717, 1.165) is 0 Å². The van der Waals surface area contributed by atoms with Crippen LogP contribution < -0.4 is 9.04 Å². The molecular formula is C17H26N2O5S. The second-order valence-corrected chi connectivity index (χ2v) is 7.77. The van der Waals surface area contributed by atoms with Crippen molar-refractivity contribution in [2.75, 3.05) is 50.0 Å². The highest BCUT2D eigenvalue weighted by Crippen LogP contribution is 2.22. The lowest BCUT2D eigenvalue weighted by Gasteiger charge is -2.27. The van der Waals surface area contributed by atoms with Crippen LogP contribution in [0.1, 0.15) is 19.8 Å². The first-order chi connectivity index (χ1) is 11.9. The number of sulfonamides is 1. The molecule has 2 rings (SSSR count). The number of morpholine rings is 1. The molecular weight excluding hydrogens is 344 g/mol. The summed E-state index contributed by atoms with van der Waals surface area (Å²) in [4.78, 5) is 13.9. The maximum Gasteiger partial charge on any atom is 0.232 e. The molecule has 1 heterocycles. The normalized spacial score (nSPS) is 15.0. The van der Waals surface area contributed by atoms with E-state index in [9.17, 15) is 13.2 Å². The molecule has 0 bridgehead atoms. The number of rotatable bonds is 8. The lowest BCUT2D eigenvalue weighted by molar-refractivity contribution is -0.135. The molecule has 1 aliphatic rings. The van der Waals surface area contributed by atoms with Crippen LogP contribution in [0.15, 0.2) is 24.3 Å². The van der Waals surface area contributed by atoms with Crippen molar-refractivity contribution in [3.05, 3.63) is 24.3 Å². The highest BCUT2D eigenvalue weighted by atomic mass is 32.2. The Labute approximate surface area is 149 Å². The summed E-state index contributed by atoms with van der Waals surface area (Å²) in [5, 5.41) is 0. The van der Waals surface area contributed by atoms with Gasteiger partial charge in [0.15, 0.2) is 0 Å². The van der Waals surface area contributed by atoms with Gasteiger partial charge < -0.3 is 14.4 Å². The van der Waals surface area contributed by atoms with Gasteiger partial charge in [-0.25, -0.2) is 8.42 Å². The number of anilines is 1. The van der Waals surface area contributed by atoms with Gasteiger partial charge in [0.05, 0.1) is 31.8 Å². The van der Waals surface area contributed by atoms with Gasteiger partial charge in [-0.05, 0) is 37.6 Å². The number of carbonyl (C=O) groups excluding carboxylic acids is 1. The molecule has 0 spiro atoms. The quantitative estimate of drug-likeness (QED) is 0.693. The second-order valence-electron chi connectivity index (χ2n) is 5.86. The Hall–Kier alpha value is -1.80. The molecule has 0 aromatic heterocycles. The fourth-order valence-electron chi connectivity index (χ4n) is 2.71. The van der Waals surface area contributed by atoms with Gasteiger partial charge >= 0.3 is 0 Å². The Morgan fingerprint density at radius 1 is 1.24 bits per heavy atom. The molecule has 1 amide bonds. The summed E-state index contributed by atoms with van der Waals surface area (Å²) in [5.41, 5.74) is 0.574. The van der Waals surface area contributed by atoms with Crippen molar-refractivity contribution >= 4 is 21.6 Å². The zero-order valence-electron chi connectivity index (χ0n) is 14.8. The van der Waals surface area contributed by atoms with Crippen LogP contribution in [0.2, 0.25) is 0 Å². The minimum absolute atomic E-state index is 0.0449. The van der Waals surface area contributed by atoms with E-state index in [2.05, 4.69) is 0 Å². The van der Waals surface area contributed by atoms with Crippen LogP contribution in [-0.4, -0.2) is 64.9 Å². The third-order valence-corrected chi connectivity index (χ3v) is 5.15. The van der Waals surface area contributed by atoms with Crippen LogP contribution in [0.4, 0.5) is 5.69 Å². The van der Waals surface area contributed by atoms with Crippen molar-refractivity contribution in [1.82, 2.24) is 4.90 Å². The van der Waals surface area contributed by atoms with E-state index in [0.29, 0.717) is 57.2 Å². The first kappa shape index (κ1) is 19.5. The number of hydrogen-bond acceptors (Lipinski definition) is 5. The van der Waals surface area contributed by atoms with Gasteiger partial charge in [0.25, 0.3) is 0 Å². The molecule has 0 N–H and O–H groups in total. The molecule has 1 aromatic carbocycles. The third kappa shape index (κ3) is 5.89. The van der Waals surface area contributed by atoms with Gasteiger partial charge in [0.2, 0.25) is 15.9 Å². The number of ether oxygens (including phenoxy) is 2. The minimum atomic E-state index is -3.42. The monoisotopic (exact) mass is 370 g/mol. The zero-order valence-corrected chi connectivity index (χ0v) is 15.6. The highest BCUT2D eigenvalue weighted by molar-refractivity contribution is 7.92. The summed E-state index contributed by atoms with van der Waals surface area (Å²) < 4.78 is 36.1. The molecule has 1 saturated heterocycles. The van der Waals surface area contributed by atoms with Gasteiger partial charge in [-0.2, -0.15) is 0 Å². The van der Waals surface area contributed by atoms with Crippen molar-refractivity contribution in [1.29, 1.82) is 0 Å². The van der Waals surface area contributed by atoms with Crippen molar-refractivity contribution in [3.8, 4) is 5.75 Å². The average Bonchev–Trinajstić information content (AvgIpc) is 2.59. The van der Waals surface area contributed by atoms with Gasteiger partial charge in [0, 0.05) is 26.1 Å². The molecule has 1 aromatic rings. The van der Waals surface area contributed by atoms with Gasteiger partial charge in [-0.3, -0.25) is 9.10 Å². The molecule has 0 unspecified atom stereocenters.